The highest BCUT2D eigenvalue weighted by Crippen LogP contribution is 2.33. The van der Waals surface area contributed by atoms with Gasteiger partial charge in [-0.1, -0.05) is 12.1 Å². The first-order valence-corrected chi connectivity index (χ1v) is 6.52. The second kappa shape index (κ2) is 4.10. The molecule has 1 aromatic carbocycles. The summed E-state index contributed by atoms with van der Waals surface area (Å²) >= 11 is 0. The van der Waals surface area contributed by atoms with Crippen LogP contribution in [0.2, 0.25) is 0 Å². The number of nitrogens with zero attached hydrogens (tertiary/aromatic N) is 2. The van der Waals surface area contributed by atoms with Crippen LogP contribution in [0.5, 0.6) is 0 Å². The van der Waals surface area contributed by atoms with Gasteiger partial charge in [0.15, 0.2) is 0 Å². The number of hydrogen-bond acceptors (Lipinski definition) is 2. The number of rotatable bonds is 1. The molecular formula is C15H18N2O2. The monoisotopic (exact) mass is 258 g/mol. The van der Waals surface area contributed by atoms with E-state index in [-0.39, 0.29) is 0 Å². The molecule has 0 aliphatic carbocycles. The highest BCUT2D eigenvalue weighted by Gasteiger charge is 2.24. The van der Waals surface area contributed by atoms with E-state index < -0.39 is 5.97 Å². The van der Waals surface area contributed by atoms with E-state index >= 15 is 0 Å². The van der Waals surface area contributed by atoms with Gasteiger partial charge in [-0.15, -0.1) is 0 Å². The van der Waals surface area contributed by atoms with Crippen molar-refractivity contribution >= 4 is 16.9 Å². The number of hydrogen-bond donors (Lipinski definition) is 1. The smallest absolute Gasteiger partial charge is 0.338 e. The molecule has 2 heterocycles. The number of aromatic carboxylic acids is 1. The topological polar surface area (TPSA) is 45.5 Å². The van der Waals surface area contributed by atoms with Crippen molar-refractivity contribution in [1.29, 1.82) is 0 Å². The SMILES string of the molecule is Cc1ccc2c3c(n(C)c2c1C(=O)O)CCN(C)C3. The molecule has 4 nitrogen and oxygen atoms in total. The molecule has 0 atom stereocenters. The average Bonchev–Trinajstić information content (AvgIpc) is 2.62. The molecule has 19 heavy (non-hydrogen) atoms. The molecule has 2 aromatic rings. The third-order valence-corrected chi connectivity index (χ3v) is 4.17. The molecular weight excluding hydrogens is 240 g/mol. The molecule has 0 bridgehead atoms. The van der Waals surface area contributed by atoms with E-state index in [4.69, 9.17) is 0 Å². The second-order valence-corrected chi connectivity index (χ2v) is 5.43. The van der Waals surface area contributed by atoms with Crippen LogP contribution >= 0.6 is 0 Å². The first kappa shape index (κ1) is 12.2. The minimum atomic E-state index is -0.839. The number of carboxylic acid groups (broad SMARTS) is 1. The molecule has 3 rings (SSSR count). The van der Waals surface area contributed by atoms with Crippen molar-refractivity contribution in [2.45, 2.75) is 19.9 Å². The van der Waals surface area contributed by atoms with Gasteiger partial charge in [-0.3, -0.25) is 0 Å². The van der Waals surface area contributed by atoms with Crippen LogP contribution in [-0.4, -0.2) is 34.1 Å². The summed E-state index contributed by atoms with van der Waals surface area (Å²) in [6, 6.07) is 3.98. The molecule has 0 unspecified atom stereocenters. The Morgan fingerprint density at radius 1 is 1.32 bits per heavy atom. The Kier molecular flexibility index (Phi) is 2.64. The Morgan fingerprint density at radius 3 is 2.74 bits per heavy atom. The Morgan fingerprint density at radius 2 is 2.05 bits per heavy atom. The van der Waals surface area contributed by atoms with Gasteiger partial charge in [-0.2, -0.15) is 0 Å². The summed E-state index contributed by atoms with van der Waals surface area (Å²) in [4.78, 5) is 13.8. The van der Waals surface area contributed by atoms with Gasteiger partial charge in [0.05, 0.1) is 11.1 Å². The highest BCUT2D eigenvalue weighted by atomic mass is 16.4. The lowest BCUT2D eigenvalue weighted by Crippen LogP contribution is -2.26. The number of aryl methyl sites for hydroxylation is 2. The normalized spacial score (nSPS) is 15.7. The standard InChI is InChI=1S/C15H18N2O2/c1-9-4-5-10-11-8-16(2)7-6-12(11)17(3)14(10)13(9)15(18)19/h4-5H,6-8H2,1-3H3,(H,18,19). The summed E-state index contributed by atoms with van der Waals surface area (Å²) in [5.74, 6) is -0.839. The van der Waals surface area contributed by atoms with Crippen molar-refractivity contribution in [3.8, 4) is 0 Å². The van der Waals surface area contributed by atoms with Gasteiger partial charge in [0, 0.05) is 37.6 Å². The summed E-state index contributed by atoms with van der Waals surface area (Å²) in [7, 11) is 4.09. The molecule has 4 heteroatoms. The molecule has 100 valence electrons. The maximum Gasteiger partial charge on any atom is 0.338 e. The zero-order valence-electron chi connectivity index (χ0n) is 11.5. The molecule has 1 N–H and O–H groups in total. The van der Waals surface area contributed by atoms with E-state index in [0.717, 1.165) is 36.0 Å². The van der Waals surface area contributed by atoms with Crippen molar-refractivity contribution in [2.75, 3.05) is 13.6 Å². The molecule has 0 fully saturated rings. The predicted octanol–water partition coefficient (Wildman–Crippen LogP) is 2.17. The van der Waals surface area contributed by atoms with Gasteiger partial charge in [0.1, 0.15) is 0 Å². The summed E-state index contributed by atoms with van der Waals surface area (Å²) in [5.41, 5.74) is 4.70. The highest BCUT2D eigenvalue weighted by molar-refractivity contribution is 6.05. The predicted molar refractivity (Wildman–Crippen MR) is 74.7 cm³/mol. The molecule has 0 spiro atoms. The van der Waals surface area contributed by atoms with Crippen LogP contribution in [0.4, 0.5) is 0 Å². The minimum absolute atomic E-state index is 0.442. The van der Waals surface area contributed by atoms with Crippen LogP contribution < -0.4 is 0 Å². The fourth-order valence-corrected chi connectivity index (χ4v) is 3.19. The number of likely N-dealkylation sites (N-methyl/N-ethyl adjacent to an activating group) is 1. The van der Waals surface area contributed by atoms with E-state index in [1.165, 1.54) is 11.3 Å². The van der Waals surface area contributed by atoms with Gasteiger partial charge in [-0.25, -0.2) is 4.79 Å². The molecule has 1 aromatic heterocycles. The van der Waals surface area contributed by atoms with Crippen molar-refractivity contribution in [2.24, 2.45) is 7.05 Å². The van der Waals surface area contributed by atoms with Gasteiger partial charge >= 0.3 is 5.97 Å². The van der Waals surface area contributed by atoms with Crippen LogP contribution in [0.3, 0.4) is 0 Å². The summed E-state index contributed by atoms with van der Waals surface area (Å²) in [6.07, 6.45) is 0.981. The third kappa shape index (κ3) is 1.67. The van der Waals surface area contributed by atoms with Gasteiger partial charge in [0.2, 0.25) is 0 Å². The molecule has 0 amide bonds. The quantitative estimate of drug-likeness (QED) is 0.852. The summed E-state index contributed by atoms with van der Waals surface area (Å²) in [6.45, 7) is 3.79. The number of benzene rings is 1. The lowest BCUT2D eigenvalue weighted by atomic mass is 10.0. The zero-order chi connectivity index (χ0) is 13.7. The van der Waals surface area contributed by atoms with Crippen LogP contribution in [-0.2, 0) is 20.0 Å². The van der Waals surface area contributed by atoms with E-state index in [2.05, 4.69) is 22.6 Å². The number of aromatic nitrogens is 1. The largest absolute Gasteiger partial charge is 0.478 e. The van der Waals surface area contributed by atoms with Crippen molar-refractivity contribution in [1.82, 2.24) is 9.47 Å². The van der Waals surface area contributed by atoms with Gasteiger partial charge < -0.3 is 14.6 Å². The van der Waals surface area contributed by atoms with Crippen molar-refractivity contribution in [3.63, 3.8) is 0 Å². The second-order valence-electron chi connectivity index (χ2n) is 5.43. The maximum atomic E-state index is 11.5. The average molecular weight is 258 g/mol. The third-order valence-electron chi connectivity index (χ3n) is 4.17. The van der Waals surface area contributed by atoms with Crippen LogP contribution in [0, 0.1) is 6.92 Å². The van der Waals surface area contributed by atoms with Crippen LogP contribution in [0.1, 0.15) is 27.2 Å². The Labute approximate surface area is 112 Å². The van der Waals surface area contributed by atoms with E-state index in [1.807, 2.05) is 20.0 Å². The molecule has 0 radical (unpaired) electrons. The first-order valence-electron chi connectivity index (χ1n) is 6.52. The Bertz CT molecular complexity index is 685. The Balaban J connectivity index is 2.40. The first-order chi connectivity index (χ1) is 9.00. The van der Waals surface area contributed by atoms with Crippen molar-refractivity contribution in [3.05, 3.63) is 34.5 Å². The maximum absolute atomic E-state index is 11.5. The number of carbonyl (C=O) groups is 1. The lowest BCUT2D eigenvalue weighted by molar-refractivity contribution is 0.0698. The van der Waals surface area contributed by atoms with Gasteiger partial charge in [-0.05, 0) is 25.1 Å². The van der Waals surface area contributed by atoms with Crippen LogP contribution in [0.15, 0.2) is 12.1 Å². The summed E-state index contributed by atoms with van der Waals surface area (Å²) in [5, 5.41) is 10.6. The number of fused-ring (bicyclic) bond motifs is 3. The molecule has 0 saturated carbocycles. The van der Waals surface area contributed by atoms with E-state index in [1.54, 1.807) is 0 Å². The molecule has 0 saturated heterocycles. The number of carboxylic acids is 1. The van der Waals surface area contributed by atoms with Gasteiger partial charge in [0.25, 0.3) is 0 Å². The minimum Gasteiger partial charge on any atom is -0.478 e. The zero-order valence-corrected chi connectivity index (χ0v) is 11.5. The summed E-state index contributed by atoms with van der Waals surface area (Å²) < 4.78 is 2.08. The lowest BCUT2D eigenvalue weighted by Gasteiger charge is -2.23. The van der Waals surface area contributed by atoms with E-state index in [9.17, 15) is 9.90 Å². The fraction of sp³-hybridized carbons (Fsp3) is 0.400. The molecule has 1 aliphatic rings. The molecule has 1 aliphatic heterocycles. The Hall–Kier alpha value is -1.81. The van der Waals surface area contributed by atoms with Crippen molar-refractivity contribution < 1.29 is 9.90 Å². The van der Waals surface area contributed by atoms with E-state index in [0.29, 0.717) is 5.56 Å². The van der Waals surface area contributed by atoms with Crippen LogP contribution in [0.25, 0.3) is 10.9 Å². The fourth-order valence-electron chi connectivity index (χ4n) is 3.19.